The molecule has 2 atom stereocenters. The van der Waals surface area contributed by atoms with E-state index in [0.717, 1.165) is 32.2 Å². The van der Waals surface area contributed by atoms with Gasteiger partial charge in [0.05, 0.1) is 5.56 Å². The minimum absolute atomic E-state index is 0.398. The first-order valence-electron chi connectivity index (χ1n) is 9.12. The molecule has 0 amide bonds. The molecule has 0 fully saturated rings. The molecule has 1 heterocycles. The lowest BCUT2D eigenvalue weighted by Gasteiger charge is -2.27. The largest absolute Gasteiger partial charge is 0.478 e. The van der Waals surface area contributed by atoms with Gasteiger partial charge in [-0.1, -0.05) is 12.1 Å². The Labute approximate surface area is 149 Å². The van der Waals surface area contributed by atoms with Crippen LogP contribution in [0.3, 0.4) is 0 Å². The molecule has 0 saturated carbocycles. The lowest BCUT2D eigenvalue weighted by Crippen LogP contribution is -2.32. The van der Waals surface area contributed by atoms with Gasteiger partial charge >= 0.3 is 5.97 Å². The molecule has 3 rings (SSSR count). The molecule has 2 aromatic rings. The van der Waals surface area contributed by atoms with Gasteiger partial charge in [0.1, 0.15) is 0 Å². The Morgan fingerprint density at radius 2 is 2.28 bits per heavy atom. The fourth-order valence-corrected chi connectivity index (χ4v) is 3.62. The number of carboxylic acid groups (broad SMARTS) is 1. The first-order valence-corrected chi connectivity index (χ1v) is 9.12. The van der Waals surface area contributed by atoms with E-state index >= 15 is 0 Å². The summed E-state index contributed by atoms with van der Waals surface area (Å²) in [5, 5.41) is 12.9. The summed E-state index contributed by atoms with van der Waals surface area (Å²) in [6.07, 6.45) is 9.18. The van der Waals surface area contributed by atoms with Gasteiger partial charge in [-0.25, -0.2) is 4.79 Å². The highest BCUT2D eigenvalue weighted by molar-refractivity contribution is 5.88. The molecule has 0 bridgehead atoms. The number of aromatic carboxylic acids is 1. The summed E-state index contributed by atoms with van der Waals surface area (Å²) < 4.78 is 0. The van der Waals surface area contributed by atoms with Crippen LogP contribution in [0.15, 0.2) is 42.7 Å². The van der Waals surface area contributed by atoms with Crippen LogP contribution in [0, 0.1) is 0 Å². The molecule has 1 aliphatic rings. The lowest BCUT2D eigenvalue weighted by molar-refractivity contribution is 0.0696. The zero-order valence-corrected chi connectivity index (χ0v) is 14.7. The van der Waals surface area contributed by atoms with Crippen molar-refractivity contribution in [3.05, 3.63) is 65.0 Å². The van der Waals surface area contributed by atoms with Crippen LogP contribution in [0.5, 0.6) is 0 Å². The molecular formula is C21H26N2O2. The van der Waals surface area contributed by atoms with E-state index in [2.05, 4.69) is 23.3 Å². The first kappa shape index (κ1) is 17.6. The van der Waals surface area contributed by atoms with Gasteiger partial charge in [0.25, 0.3) is 0 Å². The van der Waals surface area contributed by atoms with Crippen LogP contribution in [0.4, 0.5) is 0 Å². The summed E-state index contributed by atoms with van der Waals surface area (Å²) in [5.41, 5.74) is 4.20. The predicted molar refractivity (Wildman–Crippen MR) is 99.1 cm³/mol. The van der Waals surface area contributed by atoms with Crippen LogP contribution in [0.1, 0.15) is 59.2 Å². The molecule has 25 heavy (non-hydrogen) atoms. The lowest BCUT2D eigenvalue weighted by atomic mass is 9.82. The highest BCUT2D eigenvalue weighted by Crippen LogP contribution is 2.32. The second-order valence-electron chi connectivity index (χ2n) is 7.02. The number of hydrogen-bond acceptors (Lipinski definition) is 3. The Bertz CT molecular complexity index is 715. The Morgan fingerprint density at radius 1 is 1.40 bits per heavy atom. The molecule has 0 spiro atoms. The van der Waals surface area contributed by atoms with Gasteiger partial charge in [-0.3, -0.25) is 4.98 Å². The zero-order chi connectivity index (χ0) is 17.6. The topological polar surface area (TPSA) is 62.2 Å². The van der Waals surface area contributed by atoms with Gasteiger partial charge < -0.3 is 10.4 Å². The smallest absolute Gasteiger partial charge is 0.335 e. The van der Waals surface area contributed by atoms with Gasteiger partial charge in [-0.2, -0.15) is 0 Å². The fraction of sp³-hybridized carbons (Fsp3) is 0.429. The molecule has 2 N–H and O–H groups in total. The molecular weight excluding hydrogens is 312 g/mol. The van der Waals surface area contributed by atoms with Crippen molar-refractivity contribution in [2.45, 2.75) is 51.0 Å². The SMILES string of the molecule is CC(CCc1cccnc1)NCC1CCCc2ccc(C(=O)O)cc21. The van der Waals surface area contributed by atoms with Crippen LogP contribution in [0.25, 0.3) is 0 Å². The minimum Gasteiger partial charge on any atom is -0.478 e. The second-order valence-corrected chi connectivity index (χ2v) is 7.02. The maximum atomic E-state index is 11.3. The number of pyridine rings is 1. The van der Waals surface area contributed by atoms with Crippen molar-refractivity contribution in [2.75, 3.05) is 6.54 Å². The van der Waals surface area contributed by atoms with E-state index < -0.39 is 5.97 Å². The Hall–Kier alpha value is -2.20. The highest BCUT2D eigenvalue weighted by atomic mass is 16.4. The zero-order valence-electron chi connectivity index (χ0n) is 14.7. The fourth-order valence-electron chi connectivity index (χ4n) is 3.62. The van der Waals surface area contributed by atoms with Crippen molar-refractivity contribution in [1.82, 2.24) is 10.3 Å². The first-order chi connectivity index (χ1) is 12.1. The number of rotatable bonds is 7. The number of aromatic nitrogens is 1. The maximum Gasteiger partial charge on any atom is 0.335 e. The third kappa shape index (κ3) is 4.67. The van der Waals surface area contributed by atoms with Crippen LogP contribution in [-0.2, 0) is 12.8 Å². The Balaban J connectivity index is 1.57. The number of carbonyl (C=O) groups is 1. The van der Waals surface area contributed by atoms with Crippen molar-refractivity contribution in [3.8, 4) is 0 Å². The van der Waals surface area contributed by atoms with Gasteiger partial charge in [0, 0.05) is 25.0 Å². The predicted octanol–water partition coefficient (Wildman–Crippen LogP) is 3.81. The Kier molecular flexibility index (Phi) is 5.82. The van der Waals surface area contributed by atoms with E-state index in [4.69, 9.17) is 0 Å². The molecule has 1 aromatic heterocycles. The van der Waals surface area contributed by atoms with E-state index in [0.29, 0.717) is 17.5 Å². The van der Waals surface area contributed by atoms with E-state index in [1.54, 1.807) is 12.3 Å². The van der Waals surface area contributed by atoms with Crippen molar-refractivity contribution in [2.24, 2.45) is 0 Å². The number of fused-ring (bicyclic) bond motifs is 1. The Morgan fingerprint density at radius 3 is 3.04 bits per heavy atom. The van der Waals surface area contributed by atoms with Crippen LogP contribution in [0.2, 0.25) is 0 Å². The average Bonchev–Trinajstić information content (AvgIpc) is 2.65. The second kappa shape index (κ2) is 8.26. The van der Waals surface area contributed by atoms with Gasteiger partial charge in [0.2, 0.25) is 0 Å². The quantitative estimate of drug-likeness (QED) is 0.806. The third-order valence-corrected chi connectivity index (χ3v) is 5.13. The maximum absolute atomic E-state index is 11.3. The number of hydrogen-bond donors (Lipinski definition) is 2. The molecule has 1 aliphatic carbocycles. The van der Waals surface area contributed by atoms with E-state index in [1.807, 2.05) is 24.4 Å². The van der Waals surface area contributed by atoms with Crippen molar-refractivity contribution < 1.29 is 9.90 Å². The summed E-state index contributed by atoms with van der Waals surface area (Å²) in [6.45, 7) is 3.12. The monoisotopic (exact) mass is 338 g/mol. The van der Waals surface area contributed by atoms with E-state index in [1.165, 1.54) is 23.1 Å². The molecule has 2 unspecified atom stereocenters. The molecule has 0 saturated heterocycles. The van der Waals surface area contributed by atoms with E-state index in [-0.39, 0.29) is 0 Å². The standard InChI is InChI=1S/C21H26N2O2/c1-15(7-8-16-4-3-11-22-13-16)23-14-19-6-2-5-17-9-10-18(21(24)25)12-20(17)19/h3-4,9-13,15,19,23H,2,5-8,14H2,1H3,(H,24,25). The van der Waals surface area contributed by atoms with E-state index in [9.17, 15) is 9.90 Å². The summed E-state index contributed by atoms with van der Waals surface area (Å²) in [4.78, 5) is 15.4. The molecule has 4 nitrogen and oxygen atoms in total. The van der Waals surface area contributed by atoms with Crippen molar-refractivity contribution >= 4 is 5.97 Å². The summed E-state index contributed by atoms with van der Waals surface area (Å²) >= 11 is 0. The normalized spacial score (nSPS) is 17.7. The number of aryl methyl sites for hydroxylation is 2. The van der Waals surface area contributed by atoms with Crippen molar-refractivity contribution in [3.63, 3.8) is 0 Å². The number of benzene rings is 1. The average molecular weight is 338 g/mol. The number of nitrogens with zero attached hydrogens (tertiary/aromatic N) is 1. The third-order valence-electron chi connectivity index (χ3n) is 5.13. The molecule has 0 aliphatic heterocycles. The summed E-state index contributed by atoms with van der Waals surface area (Å²) in [6, 6.07) is 10.1. The summed E-state index contributed by atoms with van der Waals surface area (Å²) in [7, 11) is 0. The highest BCUT2D eigenvalue weighted by Gasteiger charge is 2.22. The molecule has 132 valence electrons. The molecule has 4 heteroatoms. The van der Waals surface area contributed by atoms with Crippen LogP contribution in [-0.4, -0.2) is 28.6 Å². The summed E-state index contributed by atoms with van der Waals surface area (Å²) in [5.74, 6) is -0.436. The van der Waals surface area contributed by atoms with Crippen LogP contribution >= 0.6 is 0 Å². The molecule has 1 aromatic carbocycles. The number of carboxylic acids is 1. The van der Waals surface area contributed by atoms with Crippen molar-refractivity contribution in [1.29, 1.82) is 0 Å². The van der Waals surface area contributed by atoms with Crippen LogP contribution < -0.4 is 5.32 Å². The number of nitrogens with one attached hydrogen (secondary N) is 1. The van der Waals surface area contributed by atoms with Gasteiger partial charge in [-0.15, -0.1) is 0 Å². The molecule has 0 radical (unpaired) electrons. The van der Waals surface area contributed by atoms with Gasteiger partial charge in [-0.05, 0) is 79.8 Å². The van der Waals surface area contributed by atoms with Gasteiger partial charge in [0.15, 0.2) is 0 Å². The minimum atomic E-state index is -0.843.